The molecule has 1 saturated heterocycles. The number of hydrogen-bond acceptors (Lipinski definition) is 3. The van der Waals surface area contributed by atoms with Crippen LogP contribution in [0.3, 0.4) is 0 Å². The maximum Gasteiger partial charge on any atom is 0.416 e. The Morgan fingerprint density at radius 1 is 1.11 bits per heavy atom. The van der Waals surface area contributed by atoms with Gasteiger partial charge >= 0.3 is 6.18 Å². The van der Waals surface area contributed by atoms with Gasteiger partial charge in [0.1, 0.15) is 5.75 Å². The fourth-order valence-electron chi connectivity index (χ4n) is 3.78. The van der Waals surface area contributed by atoms with Gasteiger partial charge in [0.05, 0.1) is 30.0 Å². The number of benzene rings is 2. The summed E-state index contributed by atoms with van der Waals surface area (Å²) in [6.07, 6.45) is -1.57. The number of fused-ring (bicyclic) bond motifs is 1. The summed E-state index contributed by atoms with van der Waals surface area (Å²) < 4.78 is 44.9. The Balaban J connectivity index is 1.55. The van der Waals surface area contributed by atoms with Crippen LogP contribution in [0.2, 0.25) is 0 Å². The molecule has 0 radical (unpaired) electrons. The van der Waals surface area contributed by atoms with Crippen LogP contribution in [-0.2, 0) is 23.8 Å². The number of hydrogen-bond donors (Lipinski definition) is 1. The van der Waals surface area contributed by atoms with Gasteiger partial charge in [0.2, 0.25) is 5.91 Å². The SMILES string of the molecule is O=C(Cc1ccc2c(c1)CCO2)Nc1cc(C(F)(F)F)ccc1N1CCCC1. The van der Waals surface area contributed by atoms with Crippen molar-refractivity contribution in [2.75, 3.05) is 29.9 Å². The van der Waals surface area contributed by atoms with E-state index in [-0.39, 0.29) is 18.0 Å². The van der Waals surface area contributed by atoms with Crippen LogP contribution in [0, 0.1) is 0 Å². The fraction of sp³-hybridized carbons (Fsp3) is 0.381. The lowest BCUT2D eigenvalue weighted by Crippen LogP contribution is -2.22. The summed E-state index contributed by atoms with van der Waals surface area (Å²) in [7, 11) is 0. The van der Waals surface area contributed by atoms with Crippen molar-refractivity contribution in [2.45, 2.75) is 31.9 Å². The molecule has 2 aromatic carbocycles. The van der Waals surface area contributed by atoms with Crippen LogP contribution in [-0.4, -0.2) is 25.6 Å². The molecule has 28 heavy (non-hydrogen) atoms. The number of carbonyl (C=O) groups excluding carboxylic acids is 1. The third-order valence-electron chi connectivity index (χ3n) is 5.16. The normalized spacial score (nSPS) is 16.0. The summed E-state index contributed by atoms with van der Waals surface area (Å²) in [6.45, 7) is 2.19. The quantitative estimate of drug-likeness (QED) is 0.840. The molecule has 0 saturated carbocycles. The molecule has 4 rings (SSSR count). The molecule has 0 spiro atoms. The Bertz CT molecular complexity index is 890. The summed E-state index contributed by atoms with van der Waals surface area (Å²) in [6, 6.07) is 9.14. The number of nitrogens with zero attached hydrogens (tertiary/aromatic N) is 1. The van der Waals surface area contributed by atoms with Crippen LogP contribution < -0.4 is 15.0 Å². The first-order chi connectivity index (χ1) is 13.4. The molecule has 0 bridgehead atoms. The monoisotopic (exact) mass is 390 g/mol. The van der Waals surface area contributed by atoms with Crippen LogP contribution in [0.15, 0.2) is 36.4 Å². The Hall–Kier alpha value is -2.70. The molecule has 0 aromatic heterocycles. The van der Waals surface area contributed by atoms with Gasteiger partial charge in [-0.2, -0.15) is 13.2 Å². The smallest absolute Gasteiger partial charge is 0.416 e. The van der Waals surface area contributed by atoms with E-state index in [1.165, 1.54) is 6.07 Å². The predicted octanol–water partition coefficient (Wildman–Crippen LogP) is 4.42. The summed E-state index contributed by atoms with van der Waals surface area (Å²) >= 11 is 0. The minimum atomic E-state index is -4.46. The molecule has 0 unspecified atom stereocenters. The zero-order valence-corrected chi connectivity index (χ0v) is 15.3. The van der Waals surface area contributed by atoms with Crippen LogP contribution in [0.25, 0.3) is 0 Å². The van der Waals surface area contributed by atoms with Crippen molar-refractivity contribution in [2.24, 2.45) is 0 Å². The van der Waals surface area contributed by atoms with Gasteiger partial charge in [0, 0.05) is 19.5 Å². The molecule has 2 aliphatic rings. The molecule has 1 N–H and O–H groups in total. The first kappa shape index (κ1) is 18.7. The predicted molar refractivity (Wildman–Crippen MR) is 101 cm³/mol. The molecule has 4 nitrogen and oxygen atoms in total. The second-order valence-corrected chi connectivity index (χ2v) is 7.19. The lowest BCUT2D eigenvalue weighted by atomic mass is 10.1. The zero-order chi connectivity index (χ0) is 19.7. The van der Waals surface area contributed by atoms with E-state index < -0.39 is 11.7 Å². The van der Waals surface area contributed by atoms with E-state index in [9.17, 15) is 18.0 Å². The van der Waals surface area contributed by atoms with Gasteiger partial charge in [-0.3, -0.25) is 4.79 Å². The minimum absolute atomic E-state index is 0.100. The second kappa shape index (κ2) is 7.37. The summed E-state index contributed by atoms with van der Waals surface area (Å²) in [5.74, 6) is 0.497. The summed E-state index contributed by atoms with van der Waals surface area (Å²) in [4.78, 5) is 14.6. The van der Waals surface area contributed by atoms with E-state index >= 15 is 0 Å². The molecule has 2 heterocycles. The van der Waals surface area contributed by atoms with E-state index in [4.69, 9.17) is 4.74 Å². The van der Waals surface area contributed by atoms with Gasteiger partial charge in [0.15, 0.2) is 0 Å². The van der Waals surface area contributed by atoms with Crippen molar-refractivity contribution in [3.05, 3.63) is 53.1 Å². The average Bonchev–Trinajstić information content (AvgIpc) is 3.32. The van der Waals surface area contributed by atoms with Crippen molar-refractivity contribution in [3.8, 4) is 5.75 Å². The number of nitrogens with one attached hydrogen (secondary N) is 1. The molecule has 2 aromatic rings. The molecule has 2 aliphatic heterocycles. The molecule has 1 amide bonds. The minimum Gasteiger partial charge on any atom is -0.493 e. The lowest BCUT2D eigenvalue weighted by molar-refractivity contribution is -0.137. The van der Waals surface area contributed by atoms with E-state index in [1.807, 2.05) is 23.1 Å². The number of amides is 1. The second-order valence-electron chi connectivity index (χ2n) is 7.19. The zero-order valence-electron chi connectivity index (χ0n) is 15.3. The van der Waals surface area contributed by atoms with Gasteiger partial charge in [0.25, 0.3) is 0 Å². The maximum absolute atomic E-state index is 13.2. The summed E-state index contributed by atoms with van der Waals surface area (Å²) in [5, 5.41) is 2.70. The van der Waals surface area contributed by atoms with Crippen LogP contribution in [0.5, 0.6) is 5.75 Å². The fourth-order valence-corrected chi connectivity index (χ4v) is 3.78. The Kier molecular flexibility index (Phi) is 4.91. The number of anilines is 2. The molecule has 148 valence electrons. The number of rotatable bonds is 4. The number of carbonyl (C=O) groups is 1. The van der Waals surface area contributed by atoms with Crippen LogP contribution in [0.1, 0.15) is 29.5 Å². The van der Waals surface area contributed by atoms with Crippen LogP contribution in [0.4, 0.5) is 24.5 Å². The van der Waals surface area contributed by atoms with Gasteiger partial charge in [-0.1, -0.05) is 12.1 Å². The Morgan fingerprint density at radius 2 is 1.89 bits per heavy atom. The molecule has 7 heteroatoms. The standard InChI is InChI=1S/C21H21F3N2O2/c22-21(23,24)16-4-5-18(26-8-1-2-9-26)17(13-16)25-20(27)12-14-3-6-19-15(11-14)7-10-28-19/h3-6,11,13H,1-2,7-10,12H2,(H,25,27). The van der Waals surface area contributed by atoms with Crippen molar-refractivity contribution < 1.29 is 22.7 Å². The summed E-state index contributed by atoms with van der Waals surface area (Å²) in [5.41, 5.74) is 1.96. The van der Waals surface area contributed by atoms with E-state index in [2.05, 4.69) is 5.32 Å². The topological polar surface area (TPSA) is 41.6 Å². The lowest BCUT2D eigenvalue weighted by Gasteiger charge is -2.23. The van der Waals surface area contributed by atoms with Gasteiger partial charge in [-0.25, -0.2) is 0 Å². The average molecular weight is 390 g/mol. The third-order valence-corrected chi connectivity index (χ3v) is 5.16. The highest BCUT2D eigenvalue weighted by atomic mass is 19.4. The van der Waals surface area contributed by atoms with Crippen molar-refractivity contribution in [1.82, 2.24) is 0 Å². The highest BCUT2D eigenvalue weighted by Crippen LogP contribution is 2.36. The third kappa shape index (κ3) is 3.93. The van der Waals surface area contributed by atoms with Gasteiger partial charge in [-0.05, 0) is 48.2 Å². The first-order valence-electron chi connectivity index (χ1n) is 9.41. The van der Waals surface area contributed by atoms with Crippen molar-refractivity contribution >= 4 is 17.3 Å². The Labute approximate surface area is 161 Å². The highest BCUT2D eigenvalue weighted by molar-refractivity contribution is 5.96. The van der Waals surface area contributed by atoms with Gasteiger partial charge < -0.3 is 15.0 Å². The molecule has 1 fully saturated rings. The van der Waals surface area contributed by atoms with Crippen LogP contribution >= 0.6 is 0 Å². The molecule has 0 atom stereocenters. The van der Waals surface area contributed by atoms with Gasteiger partial charge in [-0.15, -0.1) is 0 Å². The van der Waals surface area contributed by atoms with E-state index in [1.54, 1.807) is 0 Å². The molecule has 0 aliphatic carbocycles. The maximum atomic E-state index is 13.2. The first-order valence-corrected chi connectivity index (χ1v) is 9.41. The van der Waals surface area contributed by atoms with Crippen molar-refractivity contribution in [1.29, 1.82) is 0 Å². The van der Waals surface area contributed by atoms with E-state index in [0.717, 1.165) is 61.4 Å². The number of alkyl halides is 3. The molecular formula is C21H21F3N2O2. The number of halogens is 3. The van der Waals surface area contributed by atoms with E-state index in [0.29, 0.717) is 12.3 Å². The highest BCUT2D eigenvalue weighted by Gasteiger charge is 2.32. The number of ether oxygens (including phenoxy) is 1. The largest absolute Gasteiger partial charge is 0.493 e. The van der Waals surface area contributed by atoms with Crippen molar-refractivity contribution in [3.63, 3.8) is 0 Å². The molecular weight excluding hydrogens is 369 g/mol. The Morgan fingerprint density at radius 3 is 2.64 bits per heavy atom.